The third kappa shape index (κ3) is 2.43. The molecular formula is C16H12ClF2N3O. The highest BCUT2D eigenvalue weighted by Crippen LogP contribution is 2.57. The van der Waals surface area contributed by atoms with Crippen molar-refractivity contribution in [2.75, 3.05) is 5.32 Å². The quantitative estimate of drug-likeness (QED) is 0.883. The molecule has 2 amide bonds. The number of anilines is 1. The van der Waals surface area contributed by atoms with Crippen molar-refractivity contribution in [2.45, 2.75) is 18.4 Å². The van der Waals surface area contributed by atoms with E-state index in [0.29, 0.717) is 28.4 Å². The first-order chi connectivity index (χ1) is 11.0. The van der Waals surface area contributed by atoms with Crippen LogP contribution >= 0.6 is 11.6 Å². The average Bonchev–Trinajstić information content (AvgIpc) is 3.00. The Balaban J connectivity index is 1.43. The summed E-state index contributed by atoms with van der Waals surface area (Å²) in [5, 5.41) is 5.86. The minimum atomic E-state index is -0.419. The van der Waals surface area contributed by atoms with Crippen molar-refractivity contribution in [2.24, 2.45) is 5.92 Å². The van der Waals surface area contributed by atoms with Crippen LogP contribution in [0, 0.1) is 17.6 Å². The molecule has 0 aliphatic heterocycles. The third-order valence-corrected chi connectivity index (χ3v) is 4.68. The first kappa shape index (κ1) is 14.4. The van der Waals surface area contributed by atoms with Gasteiger partial charge in [0, 0.05) is 18.2 Å². The topological polar surface area (TPSA) is 54.0 Å². The van der Waals surface area contributed by atoms with E-state index in [1.54, 1.807) is 12.1 Å². The summed E-state index contributed by atoms with van der Waals surface area (Å²) in [5.74, 6) is -0.500. The molecule has 1 aromatic heterocycles. The van der Waals surface area contributed by atoms with Crippen LogP contribution in [-0.4, -0.2) is 17.1 Å². The molecule has 0 radical (unpaired) electrons. The summed E-state index contributed by atoms with van der Waals surface area (Å²) in [4.78, 5) is 15.9. The van der Waals surface area contributed by atoms with Crippen LogP contribution in [0.15, 0.2) is 30.5 Å². The highest BCUT2D eigenvalue weighted by molar-refractivity contribution is 6.30. The number of rotatable bonds is 2. The first-order valence-corrected chi connectivity index (χ1v) is 7.58. The largest absolute Gasteiger partial charge is 0.334 e. The number of carbonyl (C=O) groups excluding carboxylic acids is 1. The van der Waals surface area contributed by atoms with Crippen molar-refractivity contribution in [1.29, 1.82) is 0 Å². The molecule has 118 valence electrons. The van der Waals surface area contributed by atoms with E-state index in [2.05, 4.69) is 15.6 Å². The van der Waals surface area contributed by atoms with Gasteiger partial charge in [0.1, 0.15) is 17.5 Å². The lowest BCUT2D eigenvalue weighted by atomic mass is 10.0. The van der Waals surface area contributed by atoms with Crippen molar-refractivity contribution < 1.29 is 13.6 Å². The second-order valence-electron chi connectivity index (χ2n) is 5.80. The Morgan fingerprint density at radius 1 is 1.22 bits per heavy atom. The van der Waals surface area contributed by atoms with E-state index in [-0.39, 0.29) is 23.7 Å². The lowest BCUT2D eigenvalue weighted by Gasteiger charge is -2.11. The third-order valence-electron chi connectivity index (χ3n) is 4.46. The highest BCUT2D eigenvalue weighted by atomic mass is 35.5. The fraction of sp³-hybridized carbons (Fsp3) is 0.250. The lowest BCUT2D eigenvalue weighted by molar-refractivity contribution is 0.251. The van der Waals surface area contributed by atoms with Gasteiger partial charge in [-0.1, -0.05) is 11.6 Å². The molecule has 2 aliphatic rings. The summed E-state index contributed by atoms with van der Waals surface area (Å²) >= 11 is 5.73. The number of benzene rings is 1. The normalized spacial score (nSPS) is 23.9. The number of fused-ring (bicyclic) bond motifs is 3. The van der Waals surface area contributed by atoms with E-state index in [0.717, 1.165) is 12.1 Å². The SMILES string of the molecule is O=C(Nc1ccc(Cl)cn1)N[C@@H]1[C@@H]2Cc3c(F)ccc(F)c3[C@@H]21. The Bertz CT molecular complexity index is 797. The van der Waals surface area contributed by atoms with E-state index in [9.17, 15) is 13.6 Å². The van der Waals surface area contributed by atoms with Gasteiger partial charge in [-0.15, -0.1) is 0 Å². The maximum atomic E-state index is 13.9. The number of halogens is 3. The van der Waals surface area contributed by atoms with E-state index < -0.39 is 11.8 Å². The fourth-order valence-corrected chi connectivity index (χ4v) is 3.50. The van der Waals surface area contributed by atoms with E-state index in [1.807, 2.05) is 0 Å². The second-order valence-corrected chi connectivity index (χ2v) is 6.24. The van der Waals surface area contributed by atoms with Gasteiger partial charge in [-0.2, -0.15) is 0 Å². The van der Waals surface area contributed by atoms with Crippen LogP contribution in [0.4, 0.5) is 19.4 Å². The van der Waals surface area contributed by atoms with Gasteiger partial charge in [-0.05, 0) is 47.7 Å². The van der Waals surface area contributed by atoms with E-state index in [4.69, 9.17) is 11.6 Å². The van der Waals surface area contributed by atoms with Gasteiger partial charge in [0.15, 0.2) is 0 Å². The number of pyridine rings is 1. The number of carbonyl (C=O) groups is 1. The minimum absolute atomic E-state index is 0.0559. The number of nitrogens with zero attached hydrogens (tertiary/aromatic N) is 1. The molecule has 1 aromatic carbocycles. The summed E-state index contributed by atoms with van der Waals surface area (Å²) in [7, 11) is 0. The molecule has 0 unspecified atom stereocenters. The minimum Gasteiger partial charge on any atom is -0.334 e. The second kappa shape index (κ2) is 5.16. The summed E-state index contributed by atoms with van der Waals surface area (Å²) in [6.45, 7) is 0. The smallest absolute Gasteiger partial charge is 0.320 e. The molecule has 0 spiro atoms. The number of urea groups is 1. The van der Waals surface area contributed by atoms with Gasteiger partial charge < -0.3 is 5.32 Å². The molecule has 1 heterocycles. The number of hydrogen-bond acceptors (Lipinski definition) is 2. The maximum absolute atomic E-state index is 13.9. The van der Waals surface area contributed by atoms with E-state index in [1.165, 1.54) is 6.20 Å². The number of nitrogens with one attached hydrogen (secondary N) is 2. The predicted octanol–water partition coefficient (Wildman–Crippen LogP) is 3.47. The summed E-state index contributed by atoms with van der Waals surface area (Å²) in [6, 6.07) is 4.90. The average molecular weight is 336 g/mol. The molecule has 2 aromatic rings. The van der Waals surface area contributed by atoms with E-state index >= 15 is 0 Å². The standard InChI is InChI=1S/C16H12ClF2N3O/c17-7-1-4-12(20-6-7)21-16(23)22-15-9-5-8-10(18)2-3-11(19)13(8)14(9)15/h1-4,6,9,14-15H,5H2,(H2,20,21,22,23)/t9-,14-,15-/m1/s1. The van der Waals surface area contributed by atoms with Crippen molar-refractivity contribution in [1.82, 2.24) is 10.3 Å². The Morgan fingerprint density at radius 3 is 2.74 bits per heavy atom. The zero-order chi connectivity index (χ0) is 16.1. The van der Waals surface area contributed by atoms with Gasteiger partial charge in [-0.3, -0.25) is 5.32 Å². The summed E-state index contributed by atoms with van der Waals surface area (Å²) in [6.07, 6.45) is 1.88. The Labute approximate surface area is 135 Å². The molecule has 7 heteroatoms. The van der Waals surface area contributed by atoms with Crippen LogP contribution < -0.4 is 10.6 Å². The fourth-order valence-electron chi connectivity index (χ4n) is 3.38. The Kier molecular flexibility index (Phi) is 3.23. The van der Waals surface area contributed by atoms with Gasteiger partial charge >= 0.3 is 6.03 Å². The Morgan fingerprint density at radius 2 is 2.00 bits per heavy atom. The van der Waals surface area contributed by atoms with Gasteiger partial charge in [-0.25, -0.2) is 18.6 Å². The van der Waals surface area contributed by atoms with Crippen LogP contribution in [0.5, 0.6) is 0 Å². The van der Waals surface area contributed by atoms with Crippen LogP contribution in [0.1, 0.15) is 17.0 Å². The number of hydrogen-bond donors (Lipinski definition) is 2. The molecule has 23 heavy (non-hydrogen) atoms. The van der Waals surface area contributed by atoms with Crippen LogP contribution in [0.25, 0.3) is 0 Å². The van der Waals surface area contributed by atoms with Crippen molar-refractivity contribution in [3.8, 4) is 0 Å². The number of amides is 2. The lowest BCUT2D eigenvalue weighted by Crippen LogP contribution is -2.33. The van der Waals surface area contributed by atoms with Crippen molar-refractivity contribution in [3.05, 3.63) is 58.2 Å². The first-order valence-electron chi connectivity index (χ1n) is 7.20. The molecule has 1 fully saturated rings. The molecule has 2 N–H and O–H groups in total. The van der Waals surface area contributed by atoms with Crippen LogP contribution in [0.2, 0.25) is 5.02 Å². The van der Waals surface area contributed by atoms with Gasteiger partial charge in [0.05, 0.1) is 5.02 Å². The van der Waals surface area contributed by atoms with Gasteiger partial charge in [0.2, 0.25) is 0 Å². The van der Waals surface area contributed by atoms with Crippen LogP contribution in [0.3, 0.4) is 0 Å². The molecule has 4 rings (SSSR count). The predicted molar refractivity (Wildman–Crippen MR) is 81.5 cm³/mol. The molecular weight excluding hydrogens is 324 g/mol. The molecule has 2 aliphatic carbocycles. The Hall–Kier alpha value is -2.21. The van der Waals surface area contributed by atoms with Crippen molar-refractivity contribution in [3.63, 3.8) is 0 Å². The number of aromatic nitrogens is 1. The molecule has 3 atom stereocenters. The molecule has 0 saturated heterocycles. The summed E-state index contributed by atoms with van der Waals surface area (Å²) in [5.41, 5.74) is 0.850. The molecule has 0 bridgehead atoms. The summed E-state index contributed by atoms with van der Waals surface area (Å²) < 4.78 is 27.6. The van der Waals surface area contributed by atoms with Gasteiger partial charge in [0.25, 0.3) is 0 Å². The monoisotopic (exact) mass is 335 g/mol. The molecule has 4 nitrogen and oxygen atoms in total. The van der Waals surface area contributed by atoms with Crippen LogP contribution in [-0.2, 0) is 6.42 Å². The highest BCUT2D eigenvalue weighted by Gasteiger charge is 2.58. The maximum Gasteiger partial charge on any atom is 0.320 e. The molecule has 1 saturated carbocycles. The zero-order valence-electron chi connectivity index (χ0n) is 11.8. The zero-order valence-corrected chi connectivity index (χ0v) is 12.6. The van der Waals surface area contributed by atoms with Crippen molar-refractivity contribution >= 4 is 23.4 Å².